The van der Waals surface area contributed by atoms with E-state index in [1.807, 2.05) is 13.0 Å². The third kappa shape index (κ3) is 6.70. The number of sulfonamides is 1. The van der Waals surface area contributed by atoms with Crippen LogP contribution in [0, 0.1) is 0 Å². The van der Waals surface area contributed by atoms with Crippen LogP contribution >= 0.6 is 24.0 Å². The lowest BCUT2D eigenvalue weighted by Crippen LogP contribution is -2.41. The Balaban J connectivity index is 0.00000338. The van der Waals surface area contributed by atoms with Crippen LogP contribution in [0.3, 0.4) is 0 Å². The third-order valence-corrected chi connectivity index (χ3v) is 5.94. The maximum Gasteiger partial charge on any atom is 0.243 e. The second kappa shape index (κ2) is 11.1. The van der Waals surface area contributed by atoms with E-state index in [1.165, 1.54) is 0 Å². The average molecular weight is 494 g/mol. The van der Waals surface area contributed by atoms with E-state index in [2.05, 4.69) is 29.5 Å². The minimum absolute atomic E-state index is 0. The quantitative estimate of drug-likeness (QED) is 0.363. The molecule has 0 radical (unpaired) electrons. The largest absolute Gasteiger partial charge is 0.357 e. The summed E-state index contributed by atoms with van der Waals surface area (Å²) in [6, 6.07) is 7.41. The van der Waals surface area contributed by atoms with Crippen molar-refractivity contribution in [3.8, 4) is 0 Å². The highest BCUT2D eigenvalue weighted by Gasteiger charge is 2.25. The van der Waals surface area contributed by atoms with Crippen LogP contribution in [-0.2, 0) is 16.6 Å². The summed E-state index contributed by atoms with van der Waals surface area (Å²) in [4.78, 5) is 4.91. The molecule has 0 atom stereocenters. The number of benzene rings is 1. The highest BCUT2D eigenvalue weighted by Crippen LogP contribution is 2.21. The van der Waals surface area contributed by atoms with Gasteiger partial charge in [0.25, 0.3) is 0 Å². The van der Waals surface area contributed by atoms with E-state index in [-0.39, 0.29) is 30.0 Å². The van der Waals surface area contributed by atoms with Gasteiger partial charge in [-0.15, -0.1) is 24.0 Å². The van der Waals surface area contributed by atoms with Crippen LogP contribution in [0.2, 0.25) is 0 Å². The van der Waals surface area contributed by atoms with Crippen molar-refractivity contribution in [1.82, 2.24) is 14.9 Å². The molecule has 0 bridgehead atoms. The first-order chi connectivity index (χ1) is 11.9. The zero-order valence-electron chi connectivity index (χ0n) is 15.9. The molecule has 2 rings (SSSR count). The number of nitrogens with zero attached hydrogens (tertiary/aromatic N) is 2. The van der Waals surface area contributed by atoms with Gasteiger partial charge in [0.15, 0.2) is 5.96 Å². The molecular formula is C18H31IN4O2S. The molecule has 1 aliphatic rings. The van der Waals surface area contributed by atoms with Gasteiger partial charge in [-0.05, 0) is 51.3 Å². The lowest BCUT2D eigenvalue weighted by molar-refractivity contribution is 0.346. The van der Waals surface area contributed by atoms with Crippen molar-refractivity contribution in [3.63, 3.8) is 0 Å². The topological polar surface area (TPSA) is 73.8 Å². The average Bonchev–Trinajstić information content (AvgIpc) is 2.60. The summed E-state index contributed by atoms with van der Waals surface area (Å²) < 4.78 is 27.2. The van der Waals surface area contributed by atoms with Gasteiger partial charge in [0.05, 0.1) is 11.4 Å². The Morgan fingerprint density at radius 1 is 1.23 bits per heavy atom. The standard InChI is InChI=1S/C18H30N4O2S.HI/c1-4-19-18(21-15(2)3)20-14-16-9-8-10-17(13-16)25(23,24)22-11-6-5-7-12-22;/h8-10,13,15H,4-7,11-12,14H2,1-3H3,(H2,19,20,21);1H. The first kappa shape index (κ1) is 23.2. The minimum Gasteiger partial charge on any atom is -0.357 e. The molecule has 0 amide bonds. The highest BCUT2D eigenvalue weighted by atomic mass is 127. The predicted octanol–water partition coefficient (Wildman–Crippen LogP) is 2.94. The molecule has 1 aromatic carbocycles. The second-order valence-electron chi connectivity index (χ2n) is 6.61. The highest BCUT2D eigenvalue weighted by molar-refractivity contribution is 14.0. The van der Waals surface area contributed by atoms with Gasteiger partial charge >= 0.3 is 0 Å². The number of guanidine groups is 1. The number of aliphatic imine (C=N–C) groups is 1. The zero-order chi connectivity index (χ0) is 18.3. The SMILES string of the molecule is CCNC(=NCc1cccc(S(=O)(=O)N2CCCCC2)c1)NC(C)C.I. The molecule has 8 heteroatoms. The Labute approximate surface area is 174 Å². The van der Waals surface area contributed by atoms with Gasteiger partial charge < -0.3 is 10.6 Å². The van der Waals surface area contributed by atoms with E-state index in [4.69, 9.17) is 0 Å². The molecule has 0 aromatic heterocycles. The summed E-state index contributed by atoms with van der Waals surface area (Å²) in [6.07, 6.45) is 2.99. The summed E-state index contributed by atoms with van der Waals surface area (Å²) >= 11 is 0. The van der Waals surface area contributed by atoms with Crippen LogP contribution in [0.15, 0.2) is 34.2 Å². The molecule has 0 saturated carbocycles. The molecule has 0 aliphatic carbocycles. The van der Waals surface area contributed by atoms with Crippen LogP contribution in [0.1, 0.15) is 45.6 Å². The van der Waals surface area contributed by atoms with Crippen molar-refractivity contribution in [1.29, 1.82) is 0 Å². The van der Waals surface area contributed by atoms with E-state index in [1.54, 1.807) is 22.5 Å². The summed E-state index contributed by atoms with van der Waals surface area (Å²) in [7, 11) is -3.40. The van der Waals surface area contributed by atoms with E-state index >= 15 is 0 Å². The molecule has 6 nitrogen and oxygen atoms in total. The summed E-state index contributed by atoms with van der Waals surface area (Å²) in [5.41, 5.74) is 0.888. The fourth-order valence-corrected chi connectivity index (χ4v) is 4.41. The van der Waals surface area contributed by atoms with Gasteiger partial charge in [0, 0.05) is 25.7 Å². The van der Waals surface area contributed by atoms with Gasteiger partial charge in [-0.2, -0.15) is 4.31 Å². The molecule has 1 fully saturated rings. The van der Waals surface area contributed by atoms with Gasteiger partial charge in [0.2, 0.25) is 10.0 Å². The van der Waals surface area contributed by atoms with Crippen LogP contribution in [0.25, 0.3) is 0 Å². The number of hydrogen-bond acceptors (Lipinski definition) is 3. The number of piperidine rings is 1. The number of nitrogens with one attached hydrogen (secondary N) is 2. The third-order valence-electron chi connectivity index (χ3n) is 4.04. The van der Waals surface area contributed by atoms with Gasteiger partial charge in [-0.1, -0.05) is 18.6 Å². The molecule has 1 aliphatic heterocycles. The lowest BCUT2D eigenvalue weighted by atomic mass is 10.2. The minimum atomic E-state index is -3.40. The Hall–Kier alpha value is -0.870. The zero-order valence-corrected chi connectivity index (χ0v) is 19.0. The van der Waals surface area contributed by atoms with Crippen LogP contribution in [-0.4, -0.2) is 44.4 Å². The number of rotatable bonds is 6. The molecule has 0 unspecified atom stereocenters. The van der Waals surface area contributed by atoms with Gasteiger partial charge in [-0.3, -0.25) is 0 Å². The van der Waals surface area contributed by atoms with E-state index in [9.17, 15) is 8.42 Å². The first-order valence-corrected chi connectivity index (χ1v) is 10.5. The smallest absolute Gasteiger partial charge is 0.243 e. The summed E-state index contributed by atoms with van der Waals surface area (Å²) in [5, 5.41) is 6.45. The van der Waals surface area contributed by atoms with Crippen molar-refractivity contribution in [3.05, 3.63) is 29.8 Å². The maximum atomic E-state index is 12.8. The fraction of sp³-hybridized carbons (Fsp3) is 0.611. The van der Waals surface area contributed by atoms with Crippen molar-refractivity contribution in [2.24, 2.45) is 4.99 Å². The van der Waals surface area contributed by atoms with Gasteiger partial charge in [0.1, 0.15) is 0 Å². The normalized spacial score (nSPS) is 16.2. The molecule has 0 spiro atoms. The predicted molar refractivity (Wildman–Crippen MR) is 118 cm³/mol. The van der Waals surface area contributed by atoms with Crippen LogP contribution in [0.5, 0.6) is 0 Å². The Bertz CT molecular complexity index is 686. The molecule has 1 aromatic rings. The molecular weight excluding hydrogens is 463 g/mol. The van der Waals surface area contributed by atoms with Crippen LogP contribution in [0.4, 0.5) is 0 Å². The van der Waals surface area contributed by atoms with Crippen molar-refractivity contribution < 1.29 is 8.42 Å². The lowest BCUT2D eigenvalue weighted by Gasteiger charge is -2.26. The molecule has 1 heterocycles. The fourth-order valence-electron chi connectivity index (χ4n) is 2.82. The number of halogens is 1. The second-order valence-corrected chi connectivity index (χ2v) is 8.54. The Kier molecular flexibility index (Phi) is 9.88. The van der Waals surface area contributed by atoms with E-state index in [0.717, 1.165) is 37.3 Å². The van der Waals surface area contributed by atoms with Crippen molar-refractivity contribution in [2.45, 2.75) is 57.5 Å². The summed E-state index contributed by atoms with van der Waals surface area (Å²) in [5.74, 6) is 0.738. The number of hydrogen-bond donors (Lipinski definition) is 2. The van der Waals surface area contributed by atoms with E-state index < -0.39 is 10.0 Å². The molecule has 1 saturated heterocycles. The van der Waals surface area contributed by atoms with Crippen LogP contribution < -0.4 is 10.6 Å². The Morgan fingerprint density at radius 2 is 1.92 bits per heavy atom. The van der Waals surface area contributed by atoms with Crippen molar-refractivity contribution >= 4 is 40.0 Å². The Morgan fingerprint density at radius 3 is 2.54 bits per heavy atom. The first-order valence-electron chi connectivity index (χ1n) is 9.07. The van der Waals surface area contributed by atoms with Crippen molar-refractivity contribution in [2.75, 3.05) is 19.6 Å². The molecule has 148 valence electrons. The van der Waals surface area contributed by atoms with Gasteiger partial charge in [-0.25, -0.2) is 13.4 Å². The molecule has 2 N–H and O–H groups in total. The monoisotopic (exact) mass is 494 g/mol. The summed E-state index contributed by atoms with van der Waals surface area (Å²) in [6.45, 7) is 8.58. The maximum absolute atomic E-state index is 12.8. The molecule has 26 heavy (non-hydrogen) atoms. The van der Waals surface area contributed by atoms with E-state index in [0.29, 0.717) is 24.5 Å².